The fraction of sp³-hybridized carbons (Fsp3) is 0.333. The van der Waals surface area contributed by atoms with Crippen molar-refractivity contribution >= 4 is 11.3 Å². The van der Waals surface area contributed by atoms with Gasteiger partial charge in [-0.15, -0.1) is 11.3 Å². The summed E-state index contributed by atoms with van der Waals surface area (Å²) >= 11 is 1.86. The van der Waals surface area contributed by atoms with Crippen molar-refractivity contribution < 1.29 is 0 Å². The first-order valence-electron chi connectivity index (χ1n) is 7.80. The van der Waals surface area contributed by atoms with Crippen molar-refractivity contribution in [2.75, 3.05) is 0 Å². The maximum Gasteiger partial charge on any atom is 0.137 e. The van der Waals surface area contributed by atoms with Crippen molar-refractivity contribution in [1.82, 2.24) is 19.9 Å². The van der Waals surface area contributed by atoms with Crippen molar-refractivity contribution in [2.45, 2.75) is 40.3 Å². The summed E-state index contributed by atoms with van der Waals surface area (Å²) in [5.74, 6) is 1.85. The predicted octanol–water partition coefficient (Wildman–Crippen LogP) is 4.10. The normalized spacial score (nSPS) is 12.5. The zero-order valence-electron chi connectivity index (χ0n) is 14.0. The summed E-state index contributed by atoms with van der Waals surface area (Å²) in [7, 11) is 0. The first kappa shape index (κ1) is 15.9. The van der Waals surface area contributed by atoms with E-state index in [4.69, 9.17) is 0 Å². The van der Waals surface area contributed by atoms with E-state index in [-0.39, 0.29) is 0 Å². The summed E-state index contributed by atoms with van der Waals surface area (Å²) in [5, 5.41) is 3.58. The second-order valence-corrected chi connectivity index (χ2v) is 7.30. The Hall–Kier alpha value is -1.98. The standard InChI is InChI=1S/C18H22N4S/c1-12-9-17(14(3)23-12)13(2)20-10-16-5-6-18(21-11-16)22-8-7-19-15(22)4/h5-9,11,13,20H,10H2,1-4H3. The van der Waals surface area contributed by atoms with Gasteiger partial charge in [0.25, 0.3) is 0 Å². The Labute approximate surface area is 141 Å². The second-order valence-electron chi connectivity index (χ2n) is 5.84. The highest BCUT2D eigenvalue weighted by Crippen LogP contribution is 2.26. The van der Waals surface area contributed by atoms with Gasteiger partial charge in [0.2, 0.25) is 0 Å². The summed E-state index contributed by atoms with van der Waals surface area (Å²) in [5.41, 5.74) is 2.58. The molecule has 3 heterocycles. The summed E-state index contributed by atoms with van der Waals surface area (Å²) in [4.78, 5) is 11.5. The van der Waals surface area contributed by atoms with E-state index in [1.54, 1.807) is 6.20 Å². The van der Waals surface area contributed by atoms with Gasteiger partial charge in [0.05, 0.1) is 0 Å². The van der Waals surface area contributed by atoms with Crippen LogP contribution in [-0.2, 0) is 6.54 Å². The number of nitrogens with zero attached hydrogens (tertiary/aromatic N) is 3. The Bertz CT molecular complexity index is 786. The maximum absolute atomic E-state index is 4.54. The Morgan fingerprint density at radius 2 is 2.04 bits per heavy atom. The average molecular weight is 326 g/mol. The van der Waals surface area contributed by atoms with Crippen LogP contribution in [-0.4, -0.2) is 14.5 Å². The Kier molecular flexibility index (Phi) is 4.59. The first-order valence-corrected chi connectivity index (χ1v) is 8.62. The van der Waals surface area contributed by atoms with Crippen molar-refractivity contribution in [3.8, 4) is 5.82 Å². The third kappa shape index (κ3) is 3.51. The van der Waals surface area contributed by atoms with Gasteiger partial charge in [-0.3, -0.25) is 4.57 Å². The van der Waals surface area contributed by atoms with E-state index >= 15 is 0 Å². The lowest BCUT2D eigenvalue weighted by molar-refractivity contribution is 0.573. The minimum Gasteiger partial charge on any atom is -0.306 e. The van der Waals surface area contributed by atoms with E-state index in [9.17, 15) is 0 Å². The van der Waals surface area contributed by atoms with Gasteiger partial charge in [0, 0.05) is 40.9 Å². The molecule has 0 aromatic carbocycles. The zero-order valence-corrected chi connectivity index (χ0v) is 14.8. The lowest BCUT2D eigenvalue weighted by Crippen LogP contribution is -2.18. The van der Waals surface area contributed by atoms with Gasteiger partial charge in [-0.1, -0.05) is 6.07 Å². The molecule has 0 saturated carbocycles. The van der Waals surface area contributed by atoms with Crippen LogP contribution in [0.4, 0.5) is 0 Å². The number of aromatic nitrogens is 3. The number of rotatable bonds is 5. The van der Waals surface area contributed by atoms with E-state index in [1.165, 1.54) is 20.9 Å². The highest BCUT2D eigenvalue weighted by molar-refractivity contribution is 7.12. The van der Waals surface area contributed by atoms with E-state index < -0.39 is 0 Å². The van der Waals surface area contributed by atoms with Gasteiger partial charge < -0.3 is 5.32 Å². The lowest BCUT2D eigenvalue weighted by atomic mass is 10.1. The van der Waals surface area contributed by atoms with Crippen LogP contribution in [0, 0.1) is 20.8 Å². The van der Waals surface area contributed by atoms with Crippen molar-refractivity contribution in [2.24, 2.45) is 0 Å². The number of hydrogen-bond donors (Lipinski definition) is 1. The smallest absolute Gasteiger partial charge is 0.137 e. The summed E-state index contributed by atoms with van der Waals surface area (Å²) in [6.45, 7) is 9.35. The van der Waals surface area contributed by atoms with Crippen LogP contribution in [0.2, 0.25) is 0 Å². The molecular formula is C18H22N4S. The van der Waals surface area contributed by atoms with E-state index in [0.29, 0.717) is 6.04 Å². The summed E-state index contributed by atoms with van der Waals surface area (Å²) < 4.78 is 1.98. The molecule has 0 fully saturated rings. The molecule has 3 aromatic rings. The van der Waals surface area contributed by atoms with Gasteiger partial charge in [-0.2, -0.15) is 0 Å². The van der Waals surface area contributed by atoms with Crippen molar-refractivity contribution in [3.63, 3.8) is 0 Å². The van der Waals surface area contributed by atoms with E-state index in [0.717, 1.165) is 18.2 Å². The fourth-order valence-electron chi connectivity index (χ4n) is 2.75. The maximum atomic E-state index is 4.54. The van der Waals surface area contributed by atoms with Gasteiger partial charge in [-0.05, 0) is 51.0 Å². The molecule has 0 aliphatic heterocycles. The molecule has 0 aliphatic carbocycles. The van der Waals surface area contributed by atoms with Crippen LogP contribution in [0.5, 0.6) is 0 Å². The molecule has 4 nitrogen and oxygen atoms in total. The molecule has 0 radical (unpaired) electrons. The molecule has 1 atom stereocenters. The average Bonchev–Trinajstić information content (AvgIpc) is 3.10. The van der Waals surface area contributed by atoms with Crippen LogP contribution >= 0.6 is 11.3 Å². The van der Waals surface area contributed by atoms with Gasteiger partial charge in [0.1, 0.15) is 11.6 Å². The number of thiophene rings is 1. The minimum absolute atomic E-state index is 0.343. The molecule has 5 heteroatoms. The number of imidazole rings is 1. The Morgan fingerprint density at radius 1 is 1.22 bits per heavy atom. The molecule has 0 spiro atoms. The summed E-state index contributed by atoms with van der Waals surface area (Å²) in [6.07, 6.45) is 5.65. The molecule has 0 bridgehead atoms. The molecule has 120 valence electrons. The largest absolute Gasteiger partial charge is 0.306 e. The molecule has 3 aromatic heterocycles. The molecular weight excluding hydrogens is 304 g/mol. The third-order valence-electron chi connectivity index (χ3n) is 4.04. The minimum atomic E-state index is 0.343. The van der Waals surface area contributed by atoms with Crippen LogP contribution in [0.25, 0.3) is 5.82 Å². The van der Waals surface area contributed by atoms with Gasteiger partial charge >= 0.3 is 0 Å². The molecule has 23 heavy (non-hydrogen) atoms. The molecule has 3 rings (SSSR count). The van der Waals surface area contributed by atoms with Crippen LogP contribution in [0.1, 0.15) is 39.7 Å². The summed E-state index contributed by atoms with van der Waals surface area (Å²) in [6, 6.07) is 6.78. The van der Waals surface area contributed by atoms with Crippen LogP contribution < -0.4 is 5.32 Å². The molecule has 1 N–H and O–H groups in total. The van der Waals surface area contributed by atoms with Gasteiger partial charge in [0.15, 0.2) is 0 Å². The predicted molar refractivity (Wildman–Crippen MR) is 95.1 cm³/mol. The number of aryl methyl sites for hydroxylation is 3. The highest BCUT2D eigenvalue weighted by Gasteiger charge is 2.11. The van der Waals surface area contributed by atoms with Crippen molar-refractivity contribution in [3.05, 3.63) is 63.5 Å². The fourth-order valence-corrected chi connectivity index (χ4v) is 3.77. The quantitative estimate of drug-likeness (QED) is 0.767. The Balaban J connectivity index is 1.65. The SMILES string of the molecule is Cc1cc(C(C)NCc2ccc(-n3ccnc3C)nc2)c(C)s1. The van der Waals surface area contributed by atoms with Gasteiger partial charge in [-0.25, -0.2) is 9.97 Å². The van der Waals surface area contributed by atoms with E-state index in [1.807, 2.05) is 41.3 Å². The van der Waals surface area contributed by atoms with Crippen molar-refractivity contribution in [1.29, 1.82) is 0 Å². The van der Waals surface area contributed by atoms with E-state index in [2.05, 4.69) is 48.2 Å². The molecule has 0 aliphatic rings. The van der Waals surface area contributed by atoms with Crippen LogP contribution in [0.15, 0.2) is 36.8 Å². The zero-order chi connectivity index (χ0) is 16.4. The lowest BCUT2D eigenvalue weighted by Gasteiger charge is -2.14. The molecule has 1 unspecified atom stereocenters. The molecule has 0 saturated heterocycles. The second kappa shape index (κ2) is 6.64. The third-order valence-corrected chi connectivity index (χ3v) is 5.02. The highest BCUT2D eigenvalue weighted by atomic mass is 32.1. The Morgan fingerprint density at radius 3 is 2.61 bits per heavy atom. The molecule has 0 amide bonds. The number of hydrogen-bond acceptors (Lipinski definition) is 4. The number of pyridine rings is 1. The number of nitrogens with one attached hydrogen (secondary N) is 1. The topological polar surface area (TPSA) is 42.7 Å². The van der Waals surface area contributed by atoms with Crippen LogP contribution in [0.3, 0.4) is 0 Å². The first-order chi connectivity index (χ1) is 11.0. The monoisotopic (exact) mass is 326 g/mol.